The minimum absolute atomic E-state index is 0.149. The van der Waals surface area contributed by atoms with Crippen LogP contribution in [0.25, 0.3) is 5.69 Å². The van der Waals surface area contributed by atoms with E-state index in [1.807, 2.05) is 42.2 Å². The van der Waals surface area contributed by atoms with Crippen molar-refractivity contribution in [1.82, 2.24) is 14.8 Å². The SMILES string of the molecule is CC1=C(C(N)=O)SC(NC(=O)c2ccc(-n3ccccc3=O)cc2)N1Cc1ccccc1. The quantitative estimate of drug-likeness (QED) is 0.607. The zero-order valence-corrected chi connectivity index (χ0v) is 18.2. The van der Waals surface area contributed by atoms with E-state index in [2.05, 4.69) is 5.32 Å². The Kier molecular flexibility index (Phi) is 6.13. The molecule has 1 unspecified atom stereocenters. The van der Waals surface area contributed by atoms with Crippen molar-refractivity contribution in [2.24, 2.45) is 5.73 Å². The Morgan fingerprint density at radius 2 is 1.69 bits per heavy atom. The Hall–Kier alpha value is -3.78. The van der Waals surface area contributed by atoms with Gasteiger partial charge in [0.1, 0.15) is 0 Å². The van der Waals surface area contributed by atoms with Gasteiger partial charge in [-0.1, -0.05) is 48.2 Å². The van der Waals surface area contributed by atoms with Gasteiger partial charge in [-0.25, -0.2) is 0 Å². The standard InChI is InChI=1S/C24H22N4O3S/c1-16-21(22(25)30)32-24(28(16)15-17-7-3-2-4-8-17)26-23(31)18-10-12-19(13-11-18)27-14-6-5-9-20(27)29/h2-14,24H,15H2,1H3,(H2,25,30)(H,26,31). The van der Waals surface area contributed by atoms with Crippen LogP contribution in [0.4, 0.5) is 0 Å². The Balaban J connectivity index is 1.53. The minimum Gasteiger partial charge on any atom is -0.365 e. The first kappa shape index (κ1) is 21.5. The molecule has 2 amide bonds. The van der Waals surface area contributed by atoms with E-state index in [9.17, 15) is 14.4 Å². The smallest absolute Gasteiger partial charge is 0.257 e. The van der Waals surface area contributed by atoms with E-state index in [0.717, 1.165) is 11.3 Å². The number of hydrogen-bond acceptors (Lipinski definition) is 5. The lowest BCUT2D eigenvalue weighted by atomic mass is 10.2. The number of benzene rings is 2. The summed E-state index contributed by atoms with van der Waals surface area (Å²) in [6.07, 6.45) is 1.67. The number of nitrogens with zero attached hydrogens (tertiary/aromatic N) is 2. The third-order valence-corrected chi connectivity index (χ3v) is 6.50. The van der Waals surface area contributed by atoms with Crippen molar-refractivity contribution in [2.45, 2.75) is 19.0 Å². The van der Waals surface area contributed by atoms with Crippen LogP contribution in [0.2, 0.25) is 0 Å². The summed E-state index contributed by atoms with van der Waals surface area (Å²) in [6, 6.07) is 21.5. The molecule has 2 aromatic carbocycles. The molecule has 3 aromatic rings. The zero-order valence-electron chi connectivity index (χ0n) is 17.4. The molecule has 8 heteroatoms. The molecule has 0 saturated heterocycles. The Labute approximate surface area is 189 Å². The van der Waals surface area contributed by atoms with Crippen LogP contribution in [-0.2, 0) is 11.3 Å². The largest absolute Gasteiger partial charge is 0.365 e. The maximum atomic E-state index is 12.9. The van der Waals surface area contributed by atoms with E-state index in [0.29, 0.717) is 22.7 Å². The first-order valence-electron chi connectivity index (χ1n) is 10.0. The van der Waals surface area contributed by atoms with Crippen LogP contribution in [0, 0.1) is 0 Å². The van der Waals surface area contributed by atoms with E-state index < -0.39 is 11.4 Å². The van der Waals surface area contributed by atoms with Crippen molar-refractivity contribution in [3.63, 3.8) is 0 Å². The summed E-state index contributed by atoms with van der Waals surface area (Å²) < 4.78 is 1.50. The molecule has 0 saturated carbocycles. The van der Waals surface area contributed by atoms with Crippen LogP contribution in [0.15, 0.2) is 94.4 Å². The van der Waals surface area contributed by atoms with E-state index >= 15 is 0 Å². The van der Waals surface area contributed by atoms with Gasteiger partial charge in [-0.2, -0.15) is 0 Å². The summed E-state index contributed by atoms with van der Waals surface area (Å²) in [6.45, 7) is 2.35. The third kappa shape index (κ3) is 4.45. The van der Waals surface area contributed by atoms with Gasteiger partial charge in [-0.05, 0) is 42.8 Å². The van der Waals surface area contributed by atoms with Crippen molar-refractivity contribution in [3.05, 3.63) is 111 Å². The second-order valence-electron chi connectivity index (χ2n) is 7.29. The summed E-state index contributed by atoms with van der Waals surface area (Å²) in [5, 5.41) is 2.98. The predicted molar refractivity (Wildman–Crippen MR) is 125 cm³/mol. The topological polar surface area (TPSA) is 97.4 Å². The van der Waals surface area contributed by atoms with E-state index in [1.54, 1.807) is 42.6 Å². The molecular weight excluding hydrogens is 424 g/mol. The summed E-state index contributed by atoms with van der Waals surface area (Å²) in [5.74, 6) is -0.800. The number of primary amides is 1. The lowest BCUT2D eigenvalue weighted by Gasteiger charge is -2.28. The molecule has 0 bridgehead atoms. The van der Waals surface area contributed by atoms with Crippen molar-refractivity contribution < 1.29 is 9.59 Å². The average Bonchev–Trinajstić information content (AvgIpc) is 3.10. The van der Waals surface area contributed by atoms with Crippen molar-refractivity contribution in [3.8, 4) is 5.69 Å². The molecular formula is C24H22N4O3S. The molecule has 0 spiro atoms. The molecule has 1 aromatic heterocycles. The normalized spacial score (nSPS) is 15.7. The molecule has 32 heavy (non-hydrogen) atoms. The van der Waals surface area contributed by atoms with Gasteiger partial charge < -0.3 is 16.0 Å². The molecule has 1 aliphatic rings. The minimum atomic E-state index is -0.514. The number of carbonyl (C=O) groups excluding carboxylic acids is 2. The van der Waals surface area contributed by atoms with Gasteiger partial charge in [0.25, 0.3) is 17.4 Å². The molecule has 1 aliphatic heterocycles. The highest BCUT2D eigenvalue weighted by Crippen LogP contribution is 2.37. The van der Waals surface area contributed by atoms with E-state index in [-0.39, 0.29) is 11.5 Å². The van der Waals surface area contributed by atoms with Gasteiger partial charge in [-0.3, -0.25) is 19.0 Å². The van der Waals surface area contributed by atoms with Gasteiger partial charge in [0.15, 0.2) is 5.50 Å². The van der Waals surface area contributed by atoms with Crippen molar-refractivity contribution >= 4 is 23.6 Å². The van der Waals surface area contributed by atoms with Crippen LogP contribution in [0.3, 0.4) is 0 Å². The first-order valence-corrected chi connectivity index (χ1v) is 10.9. The Morgan fingerprint density at radius 3 is 2.34 bits per heavy atom. The van der Waals surface area contributed by atoms with Gasteiger partial charge in [0, 0.05) is 35.8 Å². The number of hydrogen-bond donors (Lipinski definition) is 2. The van der Waals surface area contributed by atoms with E-state index in [1.165, 1.54) is 22.4 Å². The predicted octanol–water partition coefficient (Wildman–Crippen LogP) is 2.82. The number of pyridine rings is 1. The fraction of sp³-hybridized carbons (Fsp3) is 0.125. The zero-order chi connectivity index (χ0) is 22.7. The van der Waals surface area contributed by atoms with Crippen molar-refractivity contribution in [1.29, 1.82) is 0 Å². The summed E-state index contributed by atoms with van der Waals surface area (Å²) in [7, 11) is 0. The fourth-order valence-corrected chi connectivity index (χ4v) is 4.65. The highest BCUT2D eigenvalue weighted by atomic mass is 32.2. The van der Waals surface area contributed by atoms with Gasteiger partial charge in [-0.15, -0.1) is 0 Å². The summed E-state index contributed by atoms with van der Waals surface area (Å²) in [4.78, 5) is 39.2. The fourth-order valence-electron chi connectivity index (χ4n) is 3.50. The maximum Gasteiger partial charge on any atom is 0.257 e. The first-order chi connectivity index (χ1) is 15.4. The lowest BCUT2D eigenvalue weighted by Crippen LogP contribution is -2.42. The number of nitrogens with one attached hydrogen (secondary N) is 1. The van der Waals surface area contributed by atoms with Crippen LogP contribution in [0.5, 0.6) is 0 Å². The average molecular weight is 447 g/mol. The Bertz CT molecular complexity index is 1240. The molecule has 162 valence electrons. The van der Waals surface area contributed by atoms with Crippen LogP contribution < -0.4 is 16.6 Å². The molecule has 3 N–H and O–H groups in total. The molecule has 0 aliphatic carbocycles. The summed E-state index contributed by atoms with van der Waals surface area (Å²) in [5.41, 5.74) is 7.83. The highest BCUT2D eigenvalue weighted by molar-refractivity contribution is 8.04. The number of nitrogens with two attached hydrogens (primary N) is 1. The van der Waals surface area contributed by atoms with E-state index in [4.69, 9.17) is 5.73 Å². The molecule has 1 atom stereocenters. The Morgan fingerprint density at radius 1 is 1.00 bits per heavy atom. The molecule has 0 fully saturated rings. The molecule has 0 radical (unpaired) electrons. The van der Waals surface area contributed by atoms with Crippen molar-refractivity contribution in [2.75, 3.05) is 0 Å². The lowest BCUT2D eigenvalue weighted by molar-refractivity contribution is -0.114. The molecule has 2 heterocycles. The molecule has 4 rings (SSSR count). The molecule has 7 nitrogen and oxygen atoms in total. The van der Waals surface area contributed by atoms with Crippen LogP contribution >= 0.6 is 11.8 Å². The van der Waals surface area contributed by atoms with Gasteiger partial charge in [0.2, 0.25) is 0 Å². The monoisotopic (exact) mass is 446 g/mol. The van der Waals surface area contributed by atoms with Crippen LogP contribution in [0.1, 0.15) is 22.8 Å². The number of carbonyl (C=O) groups is 2. The number of aromatic nitrogens is 1. The number of rotatable bonds is 6. The summed E-state index contributed by atoms with van der Waals surface area (Å²) >= 11 is 1.23. The van der Waals surface area contributed by atoms with Crippen LogP contribution in [-0.4, -0.2) is 26.8 Å². The second-order valence-corrected chi connectivity index (χ2v) is 8.38. The second kappa shape index (κ2) is 9.15. The highest BCUT2D eigenvalue weighted by Gasteiger charge is 2.34. The number of thioether (sulfide) groups is 1. The number of amides is 2. The van der Waals surface area contributed by atoms with Gasteiger partial charge >= 0.3 is 0 Å². The van der Waals surface area contributed by atoms with Gasteiger partial charge in [0.05, 0.1) is 4.91 Å². The third-order valence-electron chi connectivity index (χ3n) is 5.18. The number of allylic oxidation sites excluding steroid dienone is 1. The maximum absolute atomic E-state index is 12.9.